The van der Waals surface area contributed by atoms with Gasteiger partial charge >= 0.3 is 5.97 Å². The molecule has 0 amide bonds. The fourth-order valence-electron chi connectivity index (χ4n) is 1.27. The van der Waals surface area contributed by atoms with E-state index in [-0.39, 0.29) is 11.5 Å². The first-order valence-electron chi connectivity index (χ1n) is 5.87. The molecule has 0 saturated heterocycles. The lowest BCUT2D eigenvalue weighted by Gasteiger charge is -2.20. The van der Waals surface area contributed by atoms with E-state index in [1.54, 1.807) is 20.8 Å². The van der Waals surface area contributed by atoms with Gasteiger partial charge < -0.3 is 4.74 Å². The summed E-state index contributed by atoms with van der Waals surface area (Å²) in [5.41, 5.74) is -1.07. The van der Waals surface area contributed by atoms with Crippen molar-refractivity contribution in [2.24, 2.45) is 5.41 Å². The Morgan fingerprint density at radius 2 is 1.83 bits per heavy atom. The molecule has 0 N–H and O–H groups in total. The van der Waals surface area contributed by atoms with Crippen LogP contribution in [0.25, 0.3) is 0 Å². The summed E-state index contributed by atoms with van der Waals surface area (Å²) >= 11 is 1.43. The van der Waals surface area contributed by atoms with E-state index in [0.29, 0.717) is 6.61 Å². The molecule has 0 atom stereocenters. The second-order valence-corrected chi connectivity index (χ2v) is 5.42. The molecule has 0 spiro atoms. The lowest BCUT2D eigenvalue weighted by molar-refractivity contribution is -0.157. The Balaban J connectivity index is 2.57. The van der Waals surface area contributed by atoms with Gasteiger partial charge in [0.05, 0.1) is 12.4 Å². The largest absolute Gasteiger partial charge is 0.465 e. The quantitative estimate of drug-likeness (QED) is 0.451. The molecule has 1 aromatic carbocycles. The van der Waals surface area contributed by atoms with Crippen LogP contribution in [0.2, 0.25) is 0 Å². The van der Waals surface area contributed by atoms with E-state index < -0.39 is 11.4 Å². The number of ketones is 1. The molecule has 1 aromatic rings. The molecular weight excluding hydrogens is 248 g/mol. The van der Waals surface area contributed by atoms with E-state index in [2.05, 4.69) is 0 Å². The SMILES string of the molecule is CCOC(=O)C(C)(C)C(=O)CSc1ccccc1. The van der Waals surface area contributed by atoms with E-state index in [1.165, 1.54) is 11.8 Å². The van der Waals surface area contributed by atoms with Crippen molar-refractivity contribution in [3.8, 4) is 0 Å². The smallest absolute Gasteiger partial charge is 0.319 e. The van der Waals surface area contributed by atoms with Gasteiger partial charge in [0.25, 0.3) is 0 Å². The van der Waals surface area contributed by atoms with Gasteiger partial charge in [-0.05, 0) is 32.9 Å². The number of ether oxygens (including phenoxy) is 1. The minimum absolute atomic E-state index is 0.116. The molecule has 0 saturated carbocycles. The maximum Gasteiger partial charge on any atom is 0.319 e. The van der Waals surface area contributed by atoms with Crippen molar-refractivity contribution >= 4 is 23.5 Å². The molecule has 0 aromatic heterocycles. The van der Waals surface area contributed by atoms with Gasteiger partial charge in [0, 0.05) is 4.90 Å². The van der Waals surface area contributed by atoms with Crippen molar-refractivity contribution in [2.75, 3.05) is 12.4 Å². The third kappa shape index (κ3) is 3.88. The monoisotopic (exact) mass is 266 g/mol. The molecule has 1 rings (SSSR count). The van der Waals surface area contributed by atoms with E-state index >= 15 is 0 Å². The van der Waals surface area contributed by atoms with Crippen LogP contribution in [0.3, 0.4) is 0 Å². The molecule has 0 bridgehead atoms. The van der Waals surface area contributed by atoms with Crippen molar-refractivity contribution in [2.45, 2.75) is 25.7 Å². The molecule has 18 heavy (non-hydrogen) atoms. The summed E-state index contributed by atoms with van der Waals surface area (Å²) in [6.07, 6.45) is 0. The Labute approximate surface area is 112 Å². The minimum Gasteiger partial charge on any atom is -0.465 e. The van der Waals surface area contributed by atoms with E-state index in [4.69, 9.17) is 4.74 Å². The molecule has 98 valence electrons. The summed E-state index contributed by atoms with van der Waals surface area (Å²) in [4.78, 5) is 24.7. The Kier molecular flexibility index (Phi) is 5.41. The van der Waals surface area contributed by atoms with Crippen LogP contribution in [0.1, 0.15) is 20.8 Å². The van der Waals surface area contributed by atoms with Crippen LogP contribution in [0, 0.1) is 5.41 Å². The van der Waals surface area contributed by atoms with Crippen molar-refractivity contribution in [1.29, 1.82) is 0 Å². The highest BCUT2D eigenvalue weighted by Gasteiger charge is 2.36. The zero-order chi connectivity index (χ0) is 13.6. The van der Waals surface area contributed by atoms with Crippen molar-refractivity contribution in [1.82, 2.24) is 0 Å². The average Bonchev–Trinajstić information content (AvgIpc) is 2.37. The summed E-state index contributed by atoms with van der Waals surface area (Å²) in [6.45, 7) is 5.25. The standard InChI is InChI=1S/C14H18O3S/c1-4-17-13(16)14(2,3)12(15)10-18-11-8-6-5-7-9-11/h5-9H,4,10H2,1-3H3. The number of rotatable bonds is 6. The second-order valence-electron chi connectivity index (χ2n) is 4.37. The number of esters is 1. The second kappa shape index (κ2) is 6.59. The summed E-state index contributed by atoms with van der Waals surface area (Å²) in [6, 6.07) is 9.64. The van der Waals surface area contributed by atoms with Crippen molar-refractivity contribution in [3.05, 3.63) is 30.3 Å². The normalized spacial score (nSPS) is 11.1. The number of hydrogen-bond donors (Lipinski definition) is 0. The first kappa shape index (κ1) is 14.8. The highest BCUT2D eigenvalue weighted by molar-refractivity contribution is 8.00. The molecule has 0 radical (unpaired) electrons. The van der Waals surface area contributed by atoms with Crippen LogP contribution in [-0.4, -0.2) is 24.1 Å². The number of hydrogen-bond acceptors (Lipinski definition) is 4. The van der Waals surface area contributed by atoms with Crippen LogP contribution in [0.5, 0.6) is 0 Å². The molecule has 0 fully saturated rings. The minimum atomic E-state index is -1.07. The van der Waals surface area contributed by atoms with Crippen molar-refractivity contribution < 1.29 is 14.3 Å². The highest BCUT2D eigenvalue weighted by Crippen LogP contribution is 2.24. The Hall–Kier alpha value is -1.29. The van der Waals surface area contributed by atoms with Crippen LogP contribution in [0.4, 0.5) is 0 Å². The van der Waals surface area contributed by atoms with Gasteiger partial charge in [0.15, 0.2) is 5.78 Å². The molecule has 0 aliphatic heterocycles. The fourth-order valence-corrected chi connectivity index (χ4v) is 2.28. The molecular formula is C14H18O3S. The van der Waals surface area contributed by atoms with Gasteiger partial charge in [-0.25, -0.2) is 0 Å². The summed E-state index contributed by atoms with van der Waals surface area (Å²) in [5.74, 6) is -0.297. The molecule has 4 heteroatoms. The number of carbonyl (C=O) groups excluding carboxylic acids is 2. The fraction of sp³-hybridized carbons (Fsp3) is 0.429. The first-order chi connectivity index (χ1) is 8.48. The van der Waals surface area contributed by atoms with Crippen LogP contribution >= 0.6 is 11.8 Å². The molecule has 3 nitrogen and oxygen atoms in total. The third-order valence-electron chi connectivity index (χ3n) is 2.60. The van der Waals surface area contributed by atoms with Gasteiger partial charge in [-0.15, -0.1) is 11.8 Å². The zero-order valence-electron chi connectivity index (χ0n) is 10.9. The maximum absolute atomic E-state index is 12.0. The van der Waals surface area contributed by atoms with E-state index in [1.807, 2.05) is 30.3 Å². The van der Waals surface area contributed by atoms with Gasteiger partial charge in [0.1, 0.15) is 5.41 Å². The summed E-state index contributed by atoms with van der Waals surface area (Å²) in [5, 5.41) is 0. The Morgan fingerprint density at radius 1 is 1.22 bits per heavy atom. The summed E-state index contributed by atoms with van der Waals surface area (Å²) in [7, 11) is 0. The highest BCUT2D eigenvalue weighted by atomic mass is 32.2. The van der Waals surface area contributed by atoms with Gasteiger partial charge in [0.2, 0.25) is 0 Å². The van der Waals surface area contributed by atoms with Crippen LogP contribution < -0.4 is 0 Å². The van der Waals surface area contributed by atoms with Crippen molar-refractivity contribution in [3.63, 3.8) is 0 Å². The molecule has 0 aliphatic carbocycles. The Morgan fingerprint density at radius 3 is 2.39 bits per heavy atom. The molecule has 0 aliphatic rings. The number of carbonyl (C=O) groups is 2. The van der Waals surface area contributed by atoms with Gasteiger partial charge in [-0.2, -0.15) is 0 Å². The molecule has 0 unspecified atom stereocenters. The number of benzene rings is 1. The third-order valence-corrected chi connectivity index (χ3v) is 3.61. The zero-order valence-corrected chi connectivity index (χ0v) is 11.8. The molecule has 0 heterocycles. The number of thioether (sulfide) groups is 1. The summed E-state index contributed by atoms with van der Waals surface area (Å²) < 4.78 is 4.91. The lowest BCUT2D eigenvalue weighted by Crippen LogP contribution is -2.36. The maximum atomic E-state index is 12.0. The van der Waals surface area contributed by atoms with Gasteiger partial charge in [-0.3, -0.25) is 9.59 Å². The first-order valence-corrected chi connectivity index (χ1v) is 6.85. The van der Waals surface area contributed by atoms with E-state index in [9.17, 15) is 9.59 Å². The predicted octanol–water partition coefficient (Wildman–Crippen LogP) is 2.94. The predicted molar refractivity (Wildman–Crippen MR) is 72.6 cm³/mol. The topological polar surface area (TPSA) is 43.4 Å². The van der Waals surface area contributed by atoms with Crippen LogP contribution in [0.15, 0.2) is 35.2 Å². The lowest BCUT2D eigenvalue weighted by atomic mass is 9.89. The van der Waals surface area contributed by atoms with E-state index in [0.717, 1.165) is 4.90 Å². The van der Waals surface area contributed by atoms with Gasteiger partial charge in [-0.1, -0.05) is 18.2 Å². The number of Topliss-reactive ketones (excluding diaryl/α,β-unsaturated/α-hetero) is 1. The average molecular weight is 266 g/mol. The van der Waals surface area contributed by atoms with Crippen LogP contribution in [-0.2, 0) is 14.3 Å². The Bertz CT molecular complexity index is 412.